The van der Waals surface area contributed by atoms with Crippen molar-refractivity contribution in [2.75, 3.05) is 5.32 Å². The van der Waals surface area contributed by atoms with Crippen molar-refractivity contribution >= 4 is 22.6 Å². The van der Waals surface area contributed by atoms with Crippen LogP contribution in [0.4, 0.5) is 5.69 Å². The van der Waals surface area contributed by atoms with E-state index < -0.39 is 0 Å². The van der Waals surface area contributed by atoms with E-state index in [0.717, 1.165) is 23.1 Å². The van der Waals surface area contributed by atoms with Crippen molar-refractivity contribution in [3.05, 3.63) is 18.2 Å². The molecular weight excluding hydrogens is 204 g/mol. The molecule has 1 heterocycles. The van der Waals surface area contributed by atoms with Crippen LogP contribution in [0.5, 0.6) is 0 Å². The fourth-order valence-corrected chi connectivity index (χ4v) is 1.55. The van der Waals surface area contributed by atoms with Gasteiger partial charge >= 0.3 is 0 Å². The number of aryl methyl sites for hydroxylation is 1. The smallest absolute Gasteiger partial charge is 0.224 e. The van der Waals surface area contributed by atoms with Crippen LogP contribution in [-0.2, 0) is 11.8 Å². The summed E-state index contributed by atoms with van der Waals surface area (Å²) in [6.07, 6.45) is 1.39. The molecule has 2 rings (SSSR count). The maximum atomic E-state index is 11.4. The lowest BCUT2D eigenvalue weighted by molar-refractivity contribution is -0.116. The normalized spacial score (nSPS) is 10.6. The van der Waals surface area contributed by atoms with Crippen LogP contribution in [0.1, 0.15) is 19.8 Å². The van der Waals surface area contributed by atoms with Gasteiger partial charge in [0.1, 0.15) is 11.0 Å². The zero-order valence-electron chi connectivity index (χ0n) is 9.40. The van der Waals surface area contributed by atoms with Crippen molar-refractivity contribution in [2.45, 2.75) is 19.8 Å². The van der Waals surface area contributed by atoms with Crippen molar-refractivity contribution in [3.63, 3.8) is 0 Å². The number of carbonyl (C=O) groups is 1. The molecule has 0 fully saturated rings. The van der Waals surface area contributed by atoms with E-state index in [9.17, 15) is 4.79 Å². The topological polar surface area (TPSA) is 59.8 Å². The Morgan fingerprint density at radius 1 is 1.38 bits per heavy atom. The van der Waals surface area contributed by atoms with Gasteiger partial charge in [0.05, 0.1) is 0 Å². The first-order valence-electron chi connectivity index (χ1n) is 5.30. The van der Waals surface area contributed by atoms with Gasteiger partial charge in [0.2, 0.25) is 5.91 Å². The Bertz CT molecular complexity index is 518. The molecule has 0 aliphatic heterocycles. The van der Waals surface area contributed by atoms with Crippen LogP contribution < -0.4 is 5.32 Å². The number of nitrogens with one attached hydrogen (secondary N) is 1. The van der Waals surface area contributed by atoms with E-state index in [0.29, 0.717) is 6.42 Å². The summed E-state index contributed by atoms with van der Waals surface area (Å²) in [6.45, 7) is 1.98. The van der Waals surface area contributed by atoms with Crippen molar-refractivity contribution in [1.82, 2.24) is 15.0 Å². The van der Waals surface area contributed by atoms with E-state index in [4.69, 9.17) is 0 Å². The standard InChI is InChI=1S/C11H14N4O/c1-3-4-11(16)12-8-5-6-9-10(7-8)14-15(2)13-9/h5-7H,3-4H2,1-2H3,(H,12,16). The van der Waals surface area contributed by atoms with Crippen LogP contribution in [0.3, 0.4) is 0 Å². The molecule has 5 nitrogen and oxygen atoms in total. The quantitative estimate of drug-likeness (QED) is 0.853. The van der Waals surface area contributed by atoms with Gasteiger partial charge in [-0.3, -0.25) is 4.79 Å². The molecule has 16 heavy (non-hydrogen) atoms. The molecule has 0 saturated carbocycles. The number of anilines is 1. The number of rotatable bonds is 3. The molecule has 5 heteroatoms. The Labute approximate surface area is 93.4 Å². The first kappa shape index (κ1) is 10.6. The van der Waals surface area contributed by atoms with E-state index in [1.807, 2.05) is 25.1 Å². The molecule has 2 aromatic rings. The number of aromatic nitrogens is 3. The average Bonchev–Trinajstić information content (AvgIpc) is 2.57. The van der Waals surface area contributed by atoms with Crippen LogP contribution in [0.25, 0.3) is 11.0 Å². The monoisotopic (exact) mass is 218 g/mol. The third-order valence-electron chi connectivity index (χ3n) is 2.24. The highest BCUT2D eigenvalue weighted by Gasteiger charge is 2.04. The number of nitrogens with zero attached hydrogens (tertiary/aromatic N) is 3. The zero-order chi connectivity index (χ0) is 11.5. The van der Waals surface area contributed by atoms with E-state index in [2.05, 4.69) is 15.5 Å². The van der Waals surface area contributed by atoms with Gasteiger partial charge in [0, 0.05) is 19.2 Å². The highest BCUT2D eigenvalue weighted by Crippen LogP contribution is 2.15. The minimum Gasteiger partial charge on any atom is -0.326 e. The van der Waals surface area contributed by atoms with Gasteiger partial charge in [0.15, 0.2) is 0 Å². The molecule has 1 aromatic carbocycles. The highest BCUT2D eigenvalue weighted by atomic mass is 16.1. The van der Waals surface area contributed by atoms with Crippen LogP contribution in [0, 0.1) is 0 Å². The molecule has 0 spiro atoms. The molecule has 1 amide bonds. The number of carbonyl (C=O) groups excluding carboxylic acids is 1. The molecule has 84 valence electrons. The molecular formula is C11H14N4O. The molecule has 0 bridgehead atoms. The lowest BCUT2D eigenvalue weighted by Crippen LogP contribution is -2.10. The van der Waals surface area contributed by atoms with Gasteiger partial charge in [-0.25, -0.2) is 0 Å². The number of fused-ring (bicyclic) bond motifs is 1. The maximum absolute atomic E-state index is 11.4. The Morgan fingerprint density at radius 3 is 2.88 bits per heavy atom. The molecule has 0 unspecified atom stereocenters. The van der Waals surface area contributed by atoms with E-state index in [1.165, 1.54) is 4.80 Å². The fourth-order valence-electron chi connectivity index (χ4n) is 1.55. The Kier molecular flexibility index (Phi) is 2.85. The second-order valence-electron chi connectivity index (χ2n) is 3.69. The van der Waals surface area contributed by atoms with Crippen LogP contribution in [0.2, 0.25) is 0 Å². The minimum absolute atomic E-state index is 0.0331. The van der Waals surface area contributed by atoms with Gasteiger partial charge < -0.3 is 5.32 Å². The van der Waals surface area contributed by atoms with Gasteiger partial charge in [0.25, 0.3) is 0 Å². The number of hydrogen-bond acceptors (Lipinski definition) is 3. The lowest BCUT2D eigenvalue weighted by atomic mass is 10.2. The first-order valence-corrected chi connectivity index (χ1v) is 5.30. The number of benzene rings is 1. The zero-order valence-corrected chi connectivity index (χ0v) is 9.40. The van der Waals surface area contributed by atoms with Gasteiger partial charge in [-0.1, -0.05) is 6.92 Å². The molecule has 0 saturated heterocycles. The third kappa shape index (κ3) is 2.18. The molecule has 0 atom stereocenters. The maximum Gasteiger partial charge on any atom is 0.224 e. The summed E-state index contributed by atoms with van der Waals surface area (Å²) in [4.78, 5) is 12.9. The first-order chi connectivity index (χ1) is 7.69. The molecule has 0 aliphatic rings. The summed E-state index contributed by atoms with van der Waals surface area (Å²) in [5.41, 5.74) is 2.39. The van der Waals surface area contributed by atoms with Crippen LogP contribution >= 0.6 is 0 Å². The summed E-state index contributed by atoms with van der Waals surface area (Å²) in [5, 5.41) is 11.2. The lowest BCUT2D eigenvalue weighted by Gasteiger charge is -2.02. The van der Waals surface area contributed by atoms with E-state index in [1.54, 1.807) is 7.05 Å². The van der Waals surface area contributed by atoms with E-state index >= 15 is 0 Å². The molecule has 0 radical (unpaired) electrons. The Hall–Kier alpha value is -1.91. The second kappa shape index (κ2) is 4.30. The second-order valence-corrected chi connectivity index (χ2v) is 3.69. The summed E-state index contributed by atoms with van der Waals surface area (Å²) in [7, 11) is 1.77. The highest BCUT2D eigenvalue weighted by molar-refractivity contribution is 5.92. The van der Waals surface area contributed by atoms with Crippen molar-refractivity contribution in [2.24, 2.45) is 7.05 Å². The Balaban J connectivity index is 2.22. The summed E-state index contributed by atoms with van der Waals surface area (Å²) in [6, 6.07) is 5.52. The third-order valence-corrected chi connectivity index (χ3v) is 2.24. The van der Waals surface area contributed by atoms with Gasteiger partial charge in [-0.15, -0.1) is 0 Å². The molecule has 1 aromatic heterocycles. The van der Waals surface area contributed by atoms with Crippen molar-refractivity contribution < 1.29 is 4.79 Å². The average molecular weight is 218 g/mol. The van der Waals surface area contributed by atoms with Crippen molar-refractivity contribution in [1.29, 1.82) is 0 Å². The SMILES string of the molecule is CCCC(=O)Nc1ccc2nn(C)nc2c1. The van der Waals surface area contributed by atoms with E-state index in [-0.39, 0.29) is 5.91 Å². The summed E-state index contributed by atoms with van der Waals surface area (Å²) in [5.74, 6) is 0.0331. The minimum atomic E-state index is 0.0331. The number of amides is 1. The predicted molar refractivity (Wildman–Crippen MR) is 62.0 cm³/mol. The van der Waals surface area contributed by atoms with Crippen LogP contribution in [0.15, 0.2) is 18.2 Å². The summed E-state index contributed by atoms with van der Waals surface area (Å²) < 4.78 is 0. The summed E-state index contributed by atoms with van der Waals surface area (Å²) >= 11 is 0. The molecule has 0 aliphatic carbocycles. The Morgan fingerprint density at radius 2 is 2.12 bits per heavy atom. The van der Waals surface area contributed by atoms with Gasteiger partial charge in [-0.05, 0) is 24.6 Å². The largest absolute Gasteiger partial charge is 0.326 e. The van der Waals surface area contributed by atoms with Crippen molar-refractivity contribution in [3.8, 4) is 0 Å². The van der Waals surface area contributed by atoms with Crippen LogP contribution in [-0.4, -0.2) is 20.9 Å². The molecule has 1 N–H and O–H groups in total. The fraction of sp³-hybridized carbons (Fsp3) is 0.364. The predicted octanol–water partition coefficient (Wildman–Crippen LogP) is 1.71. The van der Waals surface area contributed by atoms with Gasteiger partial charge in [-0.2, -0.15) is 15.0 Å². The number of hydrogen-bond donors (Lipinski definition) is 1.